The average Bonchev–Trinajstić information content (AvgIpc) is 2.88. The Balaban J connectivity index is 2.14. The van der Waals surface area contributed by atoms with Crippen molar-refractivity contribution < 1.29 is 8.42 Å². The summed E-state index contributed by atoms with van der Waals surface area (Å²) in [6.07, 6.45) is 4.85. The molecule has 0 aliphatic carbocycles. The maximum Gasteiger partial charge on any atom is 0.276 e. The highest BCUT2D eigenvalue weighted by Gasteiger charge is 2.16. The van der Waals surface area contributed by atoms with Gasteiger partial charge in [-0.05, 0) is 26.1 Å². The molecule has 0 unspecified atom stereocenters. The van der Waals surface area contributed by atoms with Gasteiger partial charge in [0.15, 0.2) is 5.65 Å². The fourth-order valence-electron chi connectivity index (χ4n) is 1.83. The number of aryl methyl sites for hydroxylation is 1. The van der Waals surface area contributed by atoms with Crippen LogP contribution in [0.15, 0.2) is 35.9 Å². The SMILES string of the molecule is CNS(=O)(=O)c1nccc(-c2ccn3ncc(C)c3n2)n1. The molecular weight excluding hydrogens is 292 g/mol. The highest BCUT2D eigenvalue weighted by atomic mass is 32.2. The average molecular weight is 304 g/mol. The first-order valence-electron chi connectivity index (χ1n) is 6.09. The summed E-state index contributed by atoms with van der Waals surface area (Å²) >= 11 is 0. The van der Waals surface area contributed by atoms with Crippen molar-refractivity contribution in [2.75, 3.05) is 7.05 Å². The van der Waals surface area contributed by atoms with Crippen LogP contribution in [0.5, 0.6) is 0 Å². The van der Waals surface area contributed by atoms with Crippen molar-refractivity contribution >= 4 is 15.7 Å². The number of fused-ring (bicyclic) bond motifs is 1. The normalized spacial score (nSPS) is 11.9. The van der Waals surface area contributed by atoms with E-state index in [0.717, 1.165) is 5.56 Å². The van der Waals surface area contributed by atoms with E-state index in [1.807, 2.05) is 6.92 Å². The highest BCUT2D eigenvalue weighted by Crippen LogP contribution is 2.17. The molecule has 0 saturated carbocycles. The van der Waals surface area contributed by atoms with Gasteiger partial charge in [0, 0.05) is 18.0 Å². The fourth-order valence-corrected chi connectivity index (χ4v) is 2.43. The molecule has 9 heteroatoms. The van der Waals surface area contributed by atoms with Gasteiger partial charge in [0.25, 0.3) is 15.2 Å². The number of rotatable bonds is 3. The summed E-state index contributed by atoms with van der Waals surface area (Å²) in [5, 5.41) is 3.86. The van der Waals surface area contributed by atoms with Gasteiger partial charge in [-0.15, -0.1) is 0 Å². The summed E-state index contributed by atoms with van der Waals surface area (Å²) in [7, 11) is -2.38. The van der Waals surface area contributed by atoms with Gasteiger partial charge in [-0.2, -0.15) is 5.10 Å². The van der Waals surface area contributed by atoms with Crippen molar-refractivity contribution in [2.24, 2.45) is 0 Å². The van der Waals surface area contributed by atoms with Gasteiger partial charge in [0.2, 0.25) is 0 Å². The predicted molar refractivity (Wildman–Crippen MR) is 75.0 cm³/mol. The van der Waals surface area contributed by atoms with Gasteiger partial charge < -0.3 is 0 Å². The van der Waals surface area contributed by atoms with Crippen molar-refractivity contribution in [1.29, 1.82) is 0 Å². The van der Waals surface area contributed by atoms with Gasteiger partial charge >= 0.3 is 0 Å². The molecule has 8 nitrogen and oxygen atoms in total. The zero-order valence-electron chi connectivity index (χ0n) is 11.3. The van der Waals surface area contributed by atoms with E-state index in [9.17, 15) is 8.42 Å². The number of aromatic nitrogens is 5. The lowest BCUT2D eigenvalue weighted by Gasteiger charge is -2.04. The van der Waals surface area contributed by atoms with Crippen LogP contribution in [0.25, 0.3) is 17.0 Å². The van der Waals surface area contributed by atoms with E-state index >= 15 is 0 Å². The third-order valence-corrected chi connectivity index (χ3v) is 4.17. The monoisotopic (exact) mass is 304 g/mol. The van der Waals surface area contributed by atoms with Crippen LogP contribution >= 0.6 is 0 Å². The molecule has 0 bridgehead atoms. The Bertz CT molecular complexity index is 918. The minimum Gasteiger partial charge on any atom is -0.227 e. The van der Waals surface area contributed by atoms with Crippen molar-refractivity contribution in [3.63, 3.8) is 0 Å². The van der Waals surface area contributed by atoms with E-state index in [2.05, 4.69) is 24.8 Å². The smallest absolute Gasteiger partial charge is 0.227 e. The Hall–Kier alpha value is -2.39. The second kappa shape index (κ2) is 4.86. The Morgan fingerprint density at radius 1 is 1.19 bits per heavy atom. The van der Waals surface area contributed by atoms with Crippen molar-refractivity contribution in [2.45, 2.75) is 12.1 Å². The molecule has 0 aliphatic heterocycles. The van der Waals surface area contributed by atoms with E-state index in [1.165, 1.54) is 13.2 Å². The second-order valence-corrected chi connectivity index (χ2v) is 6.12. The first-order chi connectivity index (χ1) is 10.0. The summed E-state index contributed by atoms with van der Waals surface area (Å²) in [6.45, 7) is 1.90. The Labute approximate surface area is 120 Å². The summed E-state index contributed by atoms with van der Waals surface area (Å²) in [6, 6.07) is 3.33. The van der Waals surface area contributed by atoms with E-state index in [4.69, 9.17) is 0 Å². The molecule has 1 N–H and O–H groups in total. The van der Waals surface area contributed by atoms with Crippen LogP contribution < -0.4 is 4.72 Å². The minimum atomic E-state index is -3.69. The maximum atomic E-state index is 11.7. The van der Waals surface area contributed by atoms with Crippen LogP contribution in [0.4, 0.5) is 0 Å². The lowest BCUT2D eigenvalue weighted by atomic mass is 10.3. The summed E-state index contributed by atoms with van der Waals surface area (Å²) in [5.74, 6) is 0. The Morgan fingerprint density at radius 2 is 1.95 bits per heavy atom. The van der Waals surface area contributed by atoms with Crippen molar-refractivity contribution in [3.05, 3.63) is 36.3 Å². The molecule has 3 aromatic heterocycles. The maximum absolute atomic E-state index is 11.7. The number of sulfonamides is 1. The van der Waals surface area contributed by atoms with Crippen LogP contribution in [0.1, 0.15) is 5.56 Å². The lowest BCUT2D eigenvalue weighted by Crippen LogP contribution is -2.21. The minimum absolute atomic E-state index is 0.283. The number of nitrogens with one attached hydrogen (secondary N) is 1. The zero-order chi connectivity index (χ0) is 15.0. The molecule has 0 radical (unpaired) electrons. The van der Waals surface area contributed by atoms with Crippen molar-refractivity contribution in [1.82, 2.24) is 29.3 Å². The fraction of sp³-hybridized carbons (Fsp3) is 0.167. The van der Waals surface area contributed by atoms with Crippen LogP contribution in [0.2, 0.25) is 0 Å². The van der Waals surface area contributed by atoms with E-state index in [1.54, 1.807) is 29.0 Å². The molecule has 3 rings (SSSR count). The molecule has 0 aromatic carbocycles. The predicted octanol–water partition coefficient (Wildman–Crippen LogP) is 0.403. The van der Waals surface area contributed by atoms with E-state index in [-0.39, 0.29) is 5.16 Å². The van der Waals surface area contributed by atoms with Gasteiger partial charge in [-0.3, -0.25) is 0 Å². The highest BCUT2D eigenvalue weighted by molar-refractivity contribution is 7.89. The number of hydrogen-bond donors (Lipinski definition) is 1. The Morgan fingerprint density at radius 3 is 2.71 bits per heavy atom. The molecule has 21 heavy (non-hydrogen) atoms. The number of hydrogen-bond acceptors (Lipinski definition) is 6. The molecule has 3 heterocycles. The first kappa shape index (κ1) is 13.6. The summed E-state index contributed by atoms with van der Waals surface area (Å²) < 4.78 is 27.3. The third kappa shape index (κ3) is 2.36. The van der Waals surface area contributed by atoms with Crippen LogP contribution in [-0.2, 0) is 10.0 Å². The van der Waals surface area contributed by atoms with Crippen LogP contribution in [0, 0.1) is 6.92 Å². The Kier molecular flexibility index (Phi) is 3.15. The van der Waals surface area contributed by atoms with Gasteiger partial charge in [-0.25, -0.2) is 32.6 Å². The van der Waals surface area contributed by atoms with Crippen molar-refractivity contribution in [3.8, 4) is 11.4 Å². The van der Waals surface area contributed by atoms with E-state index in [0.29, 0.717) is 17.0 Å². The molecule has 108 valence electrons. The largest absolute Gasteiger partial charge is 0.276 e. The first-order valence-corrected chi connectivity index (χ1v) is 7.57. The van der Waals surface area contributed by atoms with E-state index < -0.39 is 10.0 Å². The van der Waals surface area contributed by atoms with Gasteiger partial charge in [-0.1, -0.05) is 0 Å². The molecule has 0 aliphatic rings. The lowest BCUT2D eigenvalue weighted by molar-refractivity contribution is 0.579. The molecule has 3 aromatic rings. The third-order valence-electron chi connectivity index (χ3n) is 2.95. The molecule has 0 atom stereocenters. The molecule has 0 amide bonds. The quantitative estimate of drug-likeness (QED) is 0.703. The number of nitrogens with zero attached hydrogens (tertiary/aromatic N) is 5. The molecule has 0 saturated heterocycles. The van der Waals surface area contributed by atoms with Crippen LogP contribution in [-0.4, -0.2) is 40.0 Å². The van der Waals surface area contributed by atoms with Gasteiger partial charge in [0.1, 0.15) is 0 Å². The summed E-state index contributed by atoms with van der Waals surface area (Å²) in [4.78, 5) is 12.3. The van der Waals surface area contributed by atoms with Gasteiger partial charge in [0.05, 0.1) is 17.6 Å². The molecule has 0 fully saturated rings. The standard InChI is InChI=1S/C12H12N6O2S/c1-8-7-15-18-6-4-10(16-11(8)18)9-3-5-14-12(17-9)21(19,20)13-2/h3-7,13H,1-2H3. The molecular formula is C12H12N6O2S. The van der Waals surface area contributed by atoms with Crippen LogP contribution in [0.3, 0.4) is 0 Å². The second-order valence-electron chi connectivity index (χ2n) is 4.34. The zero-order valence-corrected chi connectivity index (χ0v) is 12.2. The summed E-state index contributed by atoms with van der Waals surface area (Å²) in [5.41, 5.74) is 2.61. The topological polar surface area (TPSA) is 102 Å². The molecule has 0 spiro atoms.